The van der Waals surface area contributed by atoms with Crippen LogP contribution in [-0.2, 0) is 19.4 Å². The van der Waals surface area contributed by atoms with Crippen molar-refractivity contribution in [2.75, 3.05) is 50.6 Å². The molecule has 3 aliphatic rings. The molecular formula is C33H46N6O5S. The molecule has 4 heterocycles. The lowest BCUT2D eigenvalue weighted by molar-refractivity contribution is -0.156. The van der Waals surface area contributed by atoms with Crippen molar-refractivity contribution in [3.05, 3.63) is 42.7 Å². The van der Waals surface area contributed by atoms with Crippen LogP contribution in [0.3, 0.4) is 0 Å². The molecule has 3 aromatic rings. The number of nitrogens with zero attached hydrogens (tertiary/aromatic N) is 5. The highest BCUT2D eigenvalue weighted by molar-refractivity contribution is 7.90. The zero-order valence-electron chi connectivity index (χ0n) is 26.4. The van der Waals surface area contributed by atoms with Crippen molar-refractivity contribution in [2.24, 2.45) is 0 Å². The molecule has 12 heteroatoms. The fourth-order valence-corrected chi connectivity index (χ4v) is 7.74. The molecule has 0 unspecified atom stereocenters. The smallest absolute Gasteiger partial charge is 0.323 e. The van der Waals surface area contributed by atoms with E-state index in [2.05, 4.69) is 20.1 Å². The number of carbonyl (C=O) groups is 1. The number of piperidine rings is 1. The largest absolute Gasteiger partial charge is 0.493 e. The summed E-state index contributed by atoms with van der Waals surface area (Å²) in [5, 5.41) is 4.53. The molecule has 3 fully saturated rings. The summed E-state index contributed by atoms with van der Waals surface area (Å²) in [7, 11) is -0.991. The first-order valence-electron chi connectivity index (χ1n) is 16.4. The second-order valence-corrected chi connectivity index (χ2v) is 15.2. The number of sulfone groups is 1. The lowest BCUT2D eigenvalue weighted by Gasteiger charge is -2.40. The van der Waals surface area contributed by atoms with Gasteiger partial charge in [-0.2, -0.15) is 4.98 Å². The maximum atomic E-state index is 12.6. The van der Waals surface area contributed by atoms with E-state index in [0.717, 1.165) is 93.5 Å². The average Bonchev–Trinajstić information content (AvgIpc) is 3.67. The highest BCUT2D eigenvalue weighted by atomic mass is 32.2. The Morgan fingerprint density at radius 1 is 1.02 bits per heavy atom. The number of benzene rings is 1. The van der Waals surface area contributed by atoms with Gasteiger partial charge in [-0.05, 0) is 95.6 Å². The van der Waals surface area contributed by atoms with E-state index in [0.29, 0.717) is 31.1 Å². The van der Waals surface area contributed by atoms with Crippen LogP contribution in [0.4, 0.5) is 5.95 Å². The number of ether oxygens (including phenoxy) is 2. The van der Waals surface area contributed by atoms with Crippen molar-refractivity contribution >= 4 is 32.7 Å². The Morgan fingerprint density at radius 3 is 2.56 bits per heavy atom. The number of anilines is 1. The Hall–Kier alpha value is -3.22. The number of hydrogen-bond acceptors (Lipinski definition) is 10. The van der Waals surface area contributed by atoms with Gasteiger partial charge in [0.25, 0.3) is 0 Å². The van der Waals surface area contributed by atoms with Crippen LogP contribution in [0.5, 0.6) is 5.75 Å². The number of rotatable bonds is 11. The second-order valence-electron chi connectivity index (χ2n) is 12.9. The third-order valence-electron chi connectivity index (χ3n) is 9.60. The molecule has 2 saturated heterocycles. The molecule has 11 nitrogen and oxygen atoms in total. The van der Waals surface area contributed by atoms with Gasteiger partial charge in [0.15, 0.2) is 0 Å². The third kappa shape index (κ3) is 7.96. The summed E-state index contributed by atoms with van der Waals surface area (Å²) in [6, 6.07) is 10.6. The van der Waals surface area contributed by atoms with Crippen LogP contribution in [-0.4, -0.2) is 108 Å². The van der Waals surface area contributed by atoms with Crippen LogP contribution >= 0.6 is 0 Å². The number of likely N-dealkylation sites (N-methyl/N-ethyl adjacent to an activating group) is 1. The minimum absolute atomic E-state index is 0.0333. The number of nitrogens with one attached hydrogen (secondary N) is 1. The third-order valence-corrected chi connectivity index (χ3v) is 10.6. The maximum Gasteiger partial charge on any atom is 0.323 e. The lowest BCUT2D eigenvalue weighted by atomic mass is 9.89. The molecule has 0 bridgehead atoms. The zero-order chi connectivity index (χ0) is 31.4. The zero-order valence-corrected chi connectivity index (χ0v) is 27.3. The quantitative estimate of drug-likeness (QED) is 0.243. The Bertz CT molecular complexity index is 1560. The molecule has 0 amide bonds. The predicted octanol–water partition coefficient (Wildman–Crippen LogP) is 4.06. The number of hydrogen-bond donors (Lipinski definition) is 1. The van der Waals surface area contributed by atoms with Crippen LogP contribution in [0.2, 0.25) is 0 Å². The van der Waals surface area contributed by atoms with Gasteiger partial charge in [0, 0.05) is 49.2 Å². The van der Waals surface area contributed by atoms with Crippen molar-refractivity contribution < 1.29 is 22.7 Å². The van der Waals surface area contributed by atoms with Crippen molar-refractivity contribution in [1.29, 1.82) is 0 Å². The average molecular weight is 639 g/mol. The molecule has 6 rings (SSSR count). The Morgan fingerprint density at radius 2 is 1.82 bits per heavy atom. The van der Waals surface area contributed by atoms with Gasteiger partial charge in [-0.3, -0.25) is 9.69 Å². The summed E-state index contributed by atoms with van der Waals surface area (Å²) >= 11 is 0. The Balaban J connectivity index is 0.986. The first-order chi connectivity index (χ1) is 21.7. The van der Waals surface area contributed by atoms with Crippen LogP contribution in [0, 0.1) is 0 Å². The molecule has 1 aromatic carbocycles. The summed E-state index contributed by atoms with van der Waals surface area (Å²) in [6.07, 6.45) is 13.7. The van der Waals surface area contributed by atoms with Crippen molar-refractivity contribution in [3.63, 3.8) is 0 Å². The van der Waals surface area contributed by atoms with Gasteiger partial charge < -0.3 is 24.3 Å². The van der Waals surface area contributed by atoms with E-state index in [1.54, 1.807) is 6.20 Å². The topological polar surface area (TPSA) is 119 Å². The highest BCUT2D eigenvalue weighted by Crippen LogP contribution is 2.30. The minimum Gasteiger partial charge on any atom is -0.493 e. The van der Waals surface area contributed by atoms with Gasteiger partial charge in [0.1, 0.15) is 33.6 Å². The molecule has 1 aliphatic carbocycles. The predicted molar refractivity (Wildman–Crippen MR) is 175 cm³/mol. The Labute approximate surface area is 266 Å². The van der Waals surface area contributed by atoms with Crippen LogP contribution in [0.1, 0.15) is 57.8 Å². The number of likely N-dealkylation sites (tertiary alicyclic amines) is 2. The van der Waals surface area contributed by atoms with Gasteiger partial charge in [-0.1, -0.05) is 6.07 Å². The summed E-state index contributed by atoms with van der Waals surface area (Å²) in [6.45, 7) is 3.30. The molecule has 1 saturated carbocycles. The summed E-state index contributed by atoms with van der Waals surface area (Å²) in [5.41, 5.74) is 0.963. The van der Waals surface area contributed by atoms with Gasteiger partial charge in [0.2, 0.25) is 5.95 Å². The van der Waals surface area contributed by atoms with Gasteiger partial charge >= 0.3 is 5.97 Å². The lowest BCUT2D eigenvalue weighted by Crippen LogP contribution is -2.47. The Kier molecular flexibility index (Phi) is 9.91. The summed E-state index contributed by atoms with van der Waals surface area (Å²) in [4.78, 5) is 26.7. The van der Waals surface area contributed by atoms with Crippen LogP contribution in [0.25, 0.3) is 16.7 Å². The van der Waals surface area contributed by atoms with Crippen molar-refractivity contribution in [1.82, 2.24) is 24.3 Å². The van der Waals surface area contributed by atoms with Gasteiger partial charge in [0.05, 0.1) is 17.9 Å². The van der Waals surface area contributed by atoms with Crippen LogP contribution < -0.4 is 10.1 Å². The molecule has 2 aromatic heterocycles. The SMILES string of the molecule is CN1CCC[C@H]1C(=O)OC1CCN(C2CCC(Nc3nccc(-n4ccc5c(OCCCS(C)(=O)=O)cccc54)n3)CC2)CC1. The fourth-order valence-electron chi connectivity index (χ4n) is 7.10. The number of esters is 1. The monoisotopic (exact) mass is 638 g/mol. The summed E-state index contributed by atoms with van der Waals surface area (Å²) in [5.74, 6) is 2.20. The number of aromatic nitrogens is 3. The standard InChI is InChI=1S/C33H46N6O5S/c1-37-18-4-7-29(37)32(40)44-26-14-19-38(20-15-26)25-11-9-24(10-12-25)35-33-34-17-13-31(36-33)39-21-16-27-28(39)6-3-8-30(27)43-22-5-23-45(2,41)42/h3,6,8,13,16-17,21,24-26,29H,4-5,7,9-12,14-15,18-20,22-23H2,1-2H3,(H,34,35,36)/t24?,25?,29-/m0/s1. The number of carbonyl (C=O) groups excluding carboxylic acids is 1. The molecule has 0 spiro atoms. The molecule has 0 radical (unpaired) electrons. The molecule has 1 N–H and O–H groups in total. The highest BCUT2D eigenvalue weighted by Gasteiger charge is 2.34. The normalized spacial score (nSPS) is 23.7. The molecule has 45 heavy (non-hydrogen) atoms. The van der Waals surface area contributed by atoms with E-state index < -0.39 is 9.84 Å². The van der Waals surface area contributed by atoms with Gasteiger partial charge in [-0.25, -0.2) is 13.4 Å². The molecular weight excluding hydrogens is 592 g/mol. The maximum absolute atomic E-state index is 12.6. The minimum atomic E-state index is -3.01. The van der Waals surface area contributed by atoms with Gasteiger partial charge in [-0.15, -0.1) is 0 Å². The van der Waals surface area contributed by atoms with E-state index >= 15 is 0 Å². The summed E-state index contributed by atoms with van der Waals surface area (Å²) < 4.78 is 36.7. The van der Waals surface area contributed by atoms with E-state index in [-0.39, 0.29) is 23.9 Å². The van der Waals surface area contributed by atoms with E-state index in [1.807, 2.05) is 48.1 Å². The first-order valence-corrected chi connectivity index (χ1v) is 18.4. The van der Waals surface area contributed by atoms with Crippen LogP contribution in [0.15, 0.2) is 42.7 Å². The molecule has 2 aliphatic heterocycles. The van der Waals surface area contributed by atoms with E-state index in [1.165, 1.54) is 6.26 Å². The molecule has 244 valence electrons. The van der Waals surface area contributed by atoms with Crippen molar-refractivity contribution in [3.8, 4) is 11.6 Å². The first kappa shape index (κ1) is 31.7. The van der Waals surface area contributed by atoms with Crippen molar-refractivity contribution in [2.45, 2.75) is 82.0 Å². The fraction of sp³-hybridized carbons (Fsp3) is 0.606. The van der Waals surface area contributed by atoms with E-state index in [4.69, 9.17) is 14.5 Å². The molecule has 1 atom stereocenters. The van der Waals surface area contributed by atoms with E-state index in [9.17, 15) is 13.2 Å². The number of fused-ring (bicyclic) bond motifs is 1. The second kappa shape index (κ2) is 14.0.